The maximum Gasteiger partial charge on any atom is 0.326 e. The molecule has 1 rings (SSSR count). The van der Waals surface area contributed by atoms with E-state index in [0.717, 1.165) is 32.4 Å². The quantitative estimate of drug-likeness (QED) is 0.695. The minimum atomic E-state index is -0.598. The molecule has 0 spiro atoms. The van der Waals surface area contributed by atoms with Crippen molar-refractivity contribution in [3.8, 4) is 0 Å². The molecule has 1 unspecified atom stereocenters. The van der Waals surface area contributed by atoms with E-state index in [0.29, 0.717) is 6.61 Å². The number of carbonyl (C=O) groups excluding carboxylic acids is 1. The van der Waals surface area contributed by atoms with Crippen molar-refractivity contribution in [3.05, 3.63) is 18.5 Å². The van der Waals surface area contributed by atoms with Crippen LogP contribution in [0.4, 0.5) is 0 Å². The number of ether oxygens (including phenoxy) is 1. The summed E-state index contributed by atoms with van der Waals surface area (Å²) in [6, 6.07) is 1.90. The lowest BCUT2D eigenvalue weighted by Gasteiger charge is -2.28. The molecule has 0 aliphatic heterocycles. The molecule has 19 heavy (non-hydrogen) atoms. The fraction of sp³-hybridized carbons (Fsp3) is 0.714. The molecule has 0 amide bonds. The SMILES string of the molecule is CCCNC(C)(CCCn1cccn1)C(=O)OCC. The van der Waals surface area contributed by atoms with Gasteiger partial charge in [0.1, 0.15) is 5.54 Å². The summed E-state index contributed by atoms with van der Waals surface area (Å²) >= 11 is 0. The first kappa shape index (κ1) is 15.7. The number of aryl methyl sites for hydroxylation is 1. The van der Waals surface area contributed by atoms with E-state index in [-0.39, 0.29) is 5.97 Å². The van der Waals surface area contributed by atoms with E-state index in [9.17, 15) is 4.79 Å². The van der Waals surface area contributed by atoms with E-state index >= 15 is 0 Å². The topological polar surface area (TPSA) is 56.2 Å². The Morgan fingerprint density at radius 1 is 1.47 bits per heavy atom. The van der Waals surface area contributed by atoms with Crippen LogP contribution in [-0.4, -0.2) is 34.4 Å². The van der Waals surface area contributed by atoms with Crippen LogP contribution in [0.3, 0.4) is 0 Å². The predicted molar refractivity (Wildman–Crippen MR) is 74.8 cm³/mol. The van der Waals surface area contributed by atoms with Crippen molar-refractivity contribution >= 4 is 5.97 Å². The van der Waals surface area contributed by atoms with Gasteiger partial charge < -0.3 is 10.1 Å². The zero-order valence-electron chi connectivity index (χ0n) is 12.2. The zero-order valence-corrected chi connectivity index (χ0v) is 12.2. The number of hydrogen-bond donors (Lipinski definition) is 1. The maximum absolute atomic E-state index is 12.1. The summed E-state index contributed by atoms with van der Waals surface area (Å²) in [5.74, 6) is -0.163. The monoisotopic (exact) mass is 267 g/mol. The number of carbonyl (C=O) groups is 1. The van der Waals surface area contributed by atoms with Gasteiger partial charge in [-0.25, -0.2) is 0 Å². The van der Waals surface area contributed by atoms with E-state index in [4.69, 9.17) is 4.74 Å². The van der Waals surface area contributed by atoms with Crippen LogP contribution in [0.15, 0.2) is 18.5 Å². The predicted octanol–water partition coefficient (Wildman–Crippen LogP) is 1.98. The van der Waals surface area contributed by atoms with Gasteiger partial charge >= 0.3 is 5.97 Å². The molecule has 5 heteroatoms. The molecule has 1 N–H and O–H groups in total. The van der Waals surface area contributed by atoms with Crippen LogP contribution < -0.4 is 5.32 Å². The van der Waals surface area contributed by atoms with Crippen molar-refractivity contribution < 1.29 is 9.53 Å². The van der Waals surface area contributed by atoms with Gasteiger partial charge in [0.2, 0.25) is 0 Å². The standard InChI is InChI=1S/C14H25N3O2/c1-4-9-15-14(3,13(18)19-5-2)8-6-11-17-12-7-10-16-17/h7,10,12,15H,4-6,8-9,11H2,1-3H3. The molecule has 1 atom stereocenters. The molecular formula is C14H25N3O2. The highest BCUT2D eigenvalue weighted by Gasteiger charge is 2.33. The van der Waals surface area contributed by atoms with Gasteiger partial charge in [-0.3, -0.25) is 9.48 Å². The Morgan fingerprint density at radius 2 is 2.26 bits per heavy atom. The van der Waals surface area contributed by atoms with Crippen LogP contribution in [0.2, 0.25) is 0 Å². The van der Waals surface area contributed by atoms with Crippen molar-refractivity contribution in [2.24, 2.45) is 0 Å². The molecule has 0 aromatic carbocycles. The molecule has 0 aliphatic carbocycles. The van der Waals surface area contributed by atoms with Crippen molar-refractivity contribution in [2.75, 3.05) is 13.2 Å². The Bertz CT molecular complexity index is 365. The highest BCUT2D eigenvalue weighted by molar-refractivity contribution is 5.80. The van der Waals surface area contributed by atoms with Gasteiger partial charge in [0.05, 0.1) is 6.61 Å². The van der Waals surface area contributed by atoms with Crippen molar-refractivity contribution in [2.45, 2.75) is 52.1 Å². The summed E-state index contributed by atoms with van der Waals surface area (Å²) in [7, 11) is 0. The van der Waals surface area contributed by atoms with Crippen molar-refractivity contribution in [1.82, 2.24) is 15.1 Å². The molecule has 0 aliphatic rings. The summed E-state index contributed by atoms with van der Waals surface area (Å²) in [5, 5.41) is 7.47. The second-order valence-corrected chi connectivity index (χ2v) is 4.85. The van der Waals surface area contributed by atoms with Crippen LogP contribution in [0.25, 0.3) is 0 Å². The Balaban J connectivity index is 2.50. The van der Waals surface area contributed by atoms with Crippen molar-refractivity contribution in [3.63, 3.8) is 0 Å². The largest absolute Gasteiger partial charge is 0.465 e. The van der Waals surface area contributed by atoms with Gasteiger partial charge in [0.25, 0.3) is 0 Å². The van der Waals surface area contributed by atoms with Crippen molar-refractivity contribution in [1.29, 1.82) is 0 Å². The summed E-state index contributed by atoms with van der Waals surface area (Å²) in [5.41, 5.74) is -0.598. The summed E-state index contributed by atoms with van der Waals surface area (Å²) in [6.07, 6.45) is 6.31. The summed E-state index contributed by atoms with van der Waals surface area (Å²) in [6.45, 7) is 7.89. The van der Waals surface area contributed by atoms with Gasteiger partial charge in [0.15, 0.2) is 0 Å². The van der Waals surface area contributed by atoms with Crippen LogP contribution in [0.1, 0.15) is 40.0 Å². The van der Waals surface area contributed by atoms with E-state index in [1.165, 1.54) is 0 Å². The van der Waals surface area contributed by atoms with Crippen LogP contribution in [-0.2, 0) is 16.1 Å². The number of nitrogens with one attached hydrogen (secondary N) is 1. The number of esters is 1. The zero-order chi connectivity index (χ0) is 14.1. The van der Waals surface area contributed by atoms with E-state index in [2.05, 4.69) is 17.3 Å². The molecule has 1 aromatic rings. The van der Waals surface area contributed by atoms with E-state index < -0.39 is 5.54 Å². The molecule has 0 saturated carbocycles. The van der Waals surface area contributed by atoms with Gasteiger partial charge in [0, 0.05) is 18.9 Å². The second-order valence-electron chi connectivity index (χ2n) is 4.85. The third-order valence-electron chi connectivity index (χ3n) is 3.11. The third kappa shape index (κ3) is 5.03. The van der Waals surface area contributed by atoms with E-state index in [1.54, 1.807) is 6.20 Å². The maximum atomic E-state index is 12.1. The van der Waals surface area contributed by atoms with Crippen LogP contribution in [0, 0.1) is 0 Å². The molecular weight excluding hydrogens is 242 g/mol. The average molecular weight is 267 g/mol. The molecule has 0 radical (unpaired) electrons. The van der Waals surface area contributed by atoms with E-state index in [1.807, 2.05) is 30.8 Å². The molecule has 5 nitrogen and oxygen atoms in total. The first-order chi connectivity index (χ1) is 9.12. The number of nitrogens with zero attached hydrogens (tertiary/aromatic N) is 2. The van der Waals surface area contributed by atoms with Crippen LogP contribution >= 0.6 is 0 Å². The van der Waals surface area contributed by atoms with Gasteiger partial charge in [-0.05, 0) is 45.7 Å². The Labute approximate surface area is 115 Å². The van der Waals surface area contributed by atoms with Gasteiger partial charge in [-0.15, -0.1) is 0 Å². The number of aromatic nitrogens is 2. The lowest BCUT2D eigenvalue weighted by Crippen LogP contribution is -2.50. The second kappa shape index (κ2) is 7.94. The Morgan fingerprint density at radius 3 is 2.84 bits per heavy atom. The van der Waals surface area contributed by atoms with Gasteiger partial charge in [-0.2, -0.15) is 5.10 Å². The smallest absolute Gasteiger partial charge is 0.326 e. The third-order valence-corrected chi connectivity index (χ3v) is 3.11. The molecule has 0 saturated heterocycles. The minimum absolute atomic E-state index is 0.163. The lowest BCUT2D eigenvalue weighted by atomic mass is 9.95. The lowest BCUT2D eigenvalue weighted by molar-refractivity contribution is -0.150. The number of rotatable bonds is 9. The Kier molecular flexibility index (Phi) is 6.56. The fourth-order valence-corrected chi connectivity index (χ4v) is 1.98. The first-order valence-electron chi connectivity index (χ1n) is 7.02. The minimum Gasteiger partial charge on any atom is -0.465 e. The highest BCUT2D eigenvalue weighted by atomic mass is 16.5. The molecule has 0 bridgehead atoms. The molecule has 1 heterocycles. The number of hydrogen-bond acceptors (Lipinski definition) is 4. The Hall–Kier alpha value is -1.36. The first-order valence-corrected chi connectivity index (χ1v) is 7.02. The molecule has 108 valence electrons. The van der Waals surface area contributed by atoms with Crippen LogP contribution in [0.5, 0.6) is 0 Å². The normalized spacial score (nSPS) is 14.1. The van der Waals surface area contributed by atoms with Gasteiger partial charge in [-0.1, -0.05) is 6.92 Å². The summed E-state index contributed by atoms with van der Waals surface area (Å²) < 4.78 is 7.05. The molecule has 0 fully saturated rings. The average Bonchev–Trinajstić information content (AvgIpc) is 2.90. The molecule has 1 aromatic heterocycles. The fourth-order valence-electron chi connectivity index (χ4n) is 1.98. The highest BCUT2D eigenvalue weighted by Crippen LogP contribution is 2.15. The summed E-state index contributed by atoms with van der Waals surface area (Å²) in [4.78, 5) is 12.1.